The van der Waals surface area contributed by atoms with Crippen LogP contribution in [0.15, 0.2) is 18.2 Å². The van der Waals surface area contributed by atoms with Crippen molar-refractivity contribution in [2.75, 3.05) is 0 Å². The first-order valence-electron chi connectivity index (χ1n) is 7.20. The molecular weight excluding hydrogens is 318 g/mol. The minimum absolute atomic E-state index is 0.0389. The van der Waals surface area contributed by atoms with Crippen LogP contribution in [0, 0.1) is 0 Å². The number of carbonyl (C=O) groups excluding carboxylic acids is 4. The van der Waals surface area contributed by atoms with Gasteiger partial charge in [-0.25, -0.2) is 4.79 Å². The quantitative estimate of drug-likeness (QED) is 0.660. The average molecular weight is 331 g/mol. The molecule has 2 heterocycles. The maximum atomic E-state index is 12.7. The summed E-state index contributed by atoms with van der Waals surface area (Å²) in [5.41, 5.74) is 0.554. The van der Waals surface area contributed by atoms with Gasteiger partial charge in [0.15, 0.2) is 0 Å². The van der Waals surface area contributed by atoms with Crippen LogP contribution in [0.25, 0.3) is 0 Å². The summed E-state index contributed by atoms with van der Waals surface area (Å²) in [6, 6.07) is 3.48. The number of amides is 5. The molecule has 124 valence electrons. The normalized spacial score (nSPS) is 20.0. The number of nitrogens with zero attached hydrogens (tertiary/aromatic N) is 1. The van der Waals surface area contributed by atoms with Gasteiger partial charge < -0.3 is 10.4 Å². The van der Waals surface area contributed by atoms with E-state index in [1.807, 2.05) is 0 Å². The smallest absolute Gasteiger partial charge is 0.404 e. The summed E-state index contributed by atoms with van der Waals surface area (Å²) < 4.78 is 0. The first-order chi connectivity index (χ1) is 11.4. The van der Waals surface area contributed by atoms with Crippen LogP contribution in [0.3, 0.4) is 0 Å². The van der Waals surface area contributed by atoms with Crippen LogP contribution >= 0.6 is 0 Å². The number of hydrogen-bond acceptors (Lipinski definition) is 5. The maximum Gasteiger partial charge on any atom is 0.404 e. The number of rotatable bonds is 3. The van der Waals surface area contributed by atoms with Crippen molar-refractivity contribution in [3.05, 3.63) is 34.9 Å². The summed E-state index contributed by atoms with van der Waals surface area (Å²) in [4.78, 5) is 59.9. The zero-order chi connectivity index (χ0) is 17.4. The number of piperidine rings is 1. The maximum absolute atomic E-state index is 12.7. The molecule has 2 aliphatic heterocycles. The third kappa shape index (κ3) is 2.49. The van der Waals surface area contributed by atoms with Crippen molar-refractivity contribution in [1.82, 2.24) is 15.5 Å². The van der Waals surface area contributed by atoms with E-state index in [-0.39, 0.29) is 30.5 Å². The number of imide groups is 2. The van der Waals surface area contributed by atoms with Gasteiger partial charge in [0.2, 0.25) is 11.8 Å². The monoisotopic (exact) mass is 331 g/mol. The van der Waals surface area contributed by atoms with Gasteiger partial charge in [0.05, 0.1) is 11.1 Å². The van der Waals surface area contributed by atoms with E-state index < -0.39 is 35.8 Å². The van der Waals surface area contributed by atoms with Gasteiger partial charge in [-0.1, -0.05) is 12.1 Å². The van der Waals surface area contributed by atoms with Gasteiger partial charge in [-0.2, -0.15) is 0 Å². The molecule has 24 heavy (non-hydrogen) atoms. The molecule has 1 fully saturated rings. The molecule has 2 aliphatic rings. The summed E-state index contributed by atoms with van der Waals surface area (Å²) in [6.45, 7) is -0.138. The van der Waals surface area contributed by atoms with Crippen molar-refractivity contribution in [3.63, 3.8) is 0 Å². The van der Waals surface area contributed by atoms with Gasteiger partial charge in [-0.05, 0) is 18.1 Å². The van der Waals surface area contributed by atoms with Gasteiger partial charge in [-0.15, -0.1) is 0 Å². The predicted octanol–water partition coefficient (Wildman–Crippen LogP) is -0.145. The van der Waals surface area contributed by atoms with Crippen LogP contribution in [0.1, 0.15) is 39.1 Å². The molecule has 1 unspecified atom stereocenters. The lowest BCUT2D eigenvalue weighted by Crippen LogP contribution is -2.54. The molecule has 0 spiro atoms. The van der Waals surface area contributed by atoms with Crippen molar-refractivity contribution in [2.45, 2.75) is 25.4 Å². The fourth-order valence-electron chi connectivity index (χ4n) is 2.90. The fourth-order valence-corrected chi connectivity index (χ4v) is 2.90. The first kappa shape index (κ1) is 15.7. The Morgan fingerprint density at radius 2 is 2.00 bits per heavy atom. The summed E-state index contributed by atoms with van der Waals surface area (Å²) in [5.74, 6) is -2.42. The van der Waals surface area contributed by atoms with Gasteiger partial charge in [-0.3, -0.25) is 29.4 Å². The highest BCUT2D eigenvalue weighted by Gasteiger charge is 2.45. The van der Waals surface area contributed by atoms with E-state index in [0.717, 1.165) is 4.90 Å². The average Bonchev–Trinajstić information content (AvgIpc) is 2.78. The third-order valence-electron chi connectivity index (χ3n) is 3.98. The van der Waals surface area contributed by atoms with Crippen LogP contribution < -0.4 is 10.6 Å². The van der Waals surface area contributed by atoms with Crippen molar-refractivity contribution < 1.29 is 29.1 Å². The second-order valence-electron chi connectivity index (χ2n) is 5.45. The highest BCUT2D eigenvalue weighted by Crippen LogP contribution is 2.29. The number of hydrogen-bond donors (Lipinski definition) is 3. The molecule has 1 aromatic carbocycles. The topological polar surface area (TPSA) is 133 Å². The third-order valence-corrected chi connectivity index (χ3v) is 3.98. The van der Waals surface area contributed by atoms with Crippen LogP contribution in [0.5, 0.6) is 0 Å². The van der Waals surface area contributed by atoms with E-state index in [1.54, 1.807) is 0 Å². The Bertz CT molecular complexity index is 787. The van der Waals surface area contributed by atoms with Gasteiger partial charge >= 0.3 is 6.09 Å². The minimum Gasteiger partial charge on any atom is -0.465 e. The van der Waals surface area contributed by atoms with E-state index in [4.69, 9.17) is 5.11 Å². The van der Waals surface area contributed by atoms with Gasteiger partial charge in [0.1, 0.15) is 6.04 Å². The molecule has 0 aliphatic carbocycles. The molecule has 9 nitrogen and oxygen atoms in total. The second kappa shape index (κ2) is 5.76. The highest BCUT2D eigenvalue weighted by molar-refractivity contribution is 6.24. The van der Waals surface area contributed by atoms with E-state index in [2.05, 4.69) is 10.6 Å². The van der Waals surface area contributed by atoms with Crippen molar-refractivity contribution in [1.29, 1.82) is 0 Å². The first-order valence-corrected chi connectivity index (χ1v) is 7.20. The number of fused-ring (bicyclic) bond motifs is 1. The molecular formula is C15H13N3O6. The Morgan fingerprint density at radius 1 is 1.25 bits per heavy atom. The minimum atomic E-state index is -1.26. The Hall–Kier alpha value is -3.23. The standard InChI is InChI=1S/C15H13N3O6/c19-10-5-4-9(12(20)17-10)18-13(21)8-3-1-2-7(6-16-15(23)24)11(8)14(18)22/h1-3,9,16H,4-6H2,(H,23,24)(H,17,19,20). The van der Waals surface area contributed by atoms with Crippen molar-refractivity contribution >= 4 is 29.7 Å². The van der Waals surface area contributed by atoms with Gasteiger partial charge in [0, 0.05) is 13.0 Å². The van der Waals surface area contributed by atoms with Gasteiger partial charge in [0.25, 0.3) is 11.8 Å². The van der Waals surface area contributed by atoms with Crippen LogP contribution in [-0.2, 0) is 16.1 Å². The van der Waals surface area contributed by atoms with E-state index >= 15 is 0 Å². The zero-order valence-corrected chi connectivity index (χ0v) is 12.4. The number of benzene rings is 1. The molecule has 0 saturated carbocycles. The Balaban J connectivity index is 1.94. The van der Waals surface area contributed by atoms with Crippen molar-refractivity contribution in [3.8, 4) is 0 Å². The molecule has 0 radical (unpaired) electrons. The Kier molecular flexibility index (Phi) is 3.76. The summed E-state index contributed by atoms with van der Waals surface area (Å²) in [5, 5.41) is 13.0. The molecule has 3 rings (SSSR count). The largest absolute Gasteiger partial charge is 0.465 e. The molecule has 1 aromatic rings. The molecule has 0 aromatic heterocycles. The van der Waals surface area contributed by atoms with Crippen LogP contribution in [-0.4, -0.2) is 45.8 Å². The Morgan fingerprint density at radius 3 is 2.67 bits per heavy atom. The molecule has 3 N–H and O–H groups in total. The van der Waals surface area contributed by atoms with Crippen LogP contribution in [0.4, 0.5) is 4.79 Å². The van der Waals surface area contributed by atoms with E-state index in [1.165, 1.54) is 18.2 Å². The number of carbonyl (C=O) groups is 5. The molecule has 5 amide bonds. The highest BCUT2D eigenvalue weighted by atomic mass is 16.4. The molecule has 0 bridgehead atoms. The summed E-state index contributed by atoms with van der Waals surface area (Å²) in [7, 11) is 0. The molecule has 1 atom stereocenters. The lowest BCUT2D eigenvalue weighted by atomic mass is 10.0. The van der Waals surface area contributed by atoms with E-state index in [9.17, 15) is 24.0 Å². The lowest BCUT2D eigenvalue weighted by molar-refractivity contribution is -0.136. The van der Waals surface area contributed by atoms with E-state index in [0.29, 0.717) is 5.56 Å². The zero-order valence-electron chi connectivity index (χ0n) is 12.4. The number of carboxylic acid groups (broad SMARTS) is 1. The fraction of sp³-hybridized carbons (Fsp3) is 0.267. The Labute approximate surface area is 135 Å². The van der Waals surface area contributed by atoms with Crippen molar-refractivity contribution in [2.24, 2.45) is 0 Å². The summed E-state index contributed by atoms with van der Waals surface area (Å²) >= 11 is 0. The van der Waals surface area contributed by atoms with Crippen LogP contribution in [0.2, 0.25) is 0 Å². The number of nitrogens with one attached hydrogen (secondary N) is 2. The predicted molar refractivity (Wildman–Crippen MR) is 78.0 cm³/mol. The SMILES string of the molecule is O=C(O)NCc1cccc2c1C(=O)N(C1CCC(=O)NC1=O)C2=O. The second-order valence-corrected chi connectivity index (χ2v) is 5.45. The molecule has 9 heteroatoms. The molecule has 1 saturated heterocycles. The summed E-state index contributed by atoms with van der Waals surface area (Å²) in [6.07, 6.45) is -1.15. The lowest BCUT2D eigenvalue weighted by Gasteiger charge is -2.27.